The molecule has 1 fully saturated rings. The van der Waals surface area contributed by atoms with E-state index in [0.29, 0.717) is 18.2 Å². The highest BCUT2D eigenvalue weighted by Gasteiger charge is 2.26. The summed E-state index contributed by atoms with van der Waals surface area (Å²) in [5.74, 6) is -0.529. The van der Waals surface area contributed by atoms with Crippen molar-refractivity contribution in [1.82, 2.24) is 9.97 Å². The molecule has 1 aliphatic rings. The molecule has 29 heavy (non-hydrogen) atoms. The molecule has 1 unspecified atom stereocenters. The van der Waals surface area contributed by atoms with Crippen LogP contribution in [-0.4, -0.2) is 28.5 Å². The number of aromatic nitrogens is 2. The Hall–Kier alpha value is -3.26. The van der Waals surface area contributed by atoms with Gasteiger partial charge in [0.2, 0.25) is 0 Å². The van der Waals surface area contributed by atoms with Gasteiger partial charge >= 0.3 is 0 Å². The molecule has 1 aliphatic carbocycles. The maximum atomic E-state index is 14.6. The quantitative estimate of drug-likeness (QED) is 0.466. The van der Waals surface area contributed by atoms with Crippen LogP contribution >= 0.6 is 0 Å². The zero-order valence-electron chi connectivity index (χ0n) is 15.9. The fourth-order valence-corrected chi connectivity index (χ4v) is 3.33. The number of rotatable bonds is 8. The summed E-state index contributed by atoms with van der Waals surface area (Å²) in [6.07, 6.45) is 4.95. The van der Waals surface area contributed by atoms with Crippen LogP contribution in [0.5, 0.6) is 0 Å². The highest BCUT2D eigenvalue weighted by Crippen LogP contribution is 2.34. The van der Waals surface area contributed by atoms with Gasteiger partial charge < -0.3 is 22.1 Å². The van der Waals surface area contributed by atoms with E-state index in [1.807, 2.05) is 30.3 Å². The number of nitrogens with one attached hydrogen (secondary N) is 2. The van der Waals surface area contributed by atoms with Crippen molar-refractivity contribution in [3.8, 4) is 0 Å². The van der Waals surface area contributed by atoms with E-state index in [0.717, 1.165) is 23.4 Å². The predicted octanol–water partition coefficient (Wildman–Crippen LogP) is 3.15. The van der Waals surface area contributed by atoms with E-state index in [1.54, 1.807) is 6.20 Å². The first-order valence-corrected chi connectivity index (χ1v) is 9.62. The predicted molar refractivity (Wildman–Crippen MR) is 112 cm³/mol. The zero-order valence-corrected chi connectivity index (χ0v) is 15.9. The van der Waals surface area contributed by atoms with Gasteiger partial charge in [-0.15, -0.1) is 0 Å². The molecule has 0 radical (unpaired) electrons. The Labute approximate surface area is 167 Å². The number of anilines is 3. The second-order valence-electron chi connectivity index (χ2n) is 7.37. The number of nitrogens with zero attached hydrogens (tertiary/aromatic N) is 2. The van der Waals surface area contributed by atoms with Gasteiger partial charge in [-0.3, -0.25) is 9.78 Å². The third kappa shape index (κ3) is 4.43. The van der Waals surface area contributed by atoms with Crippen molar-refractivity contribution in [3.05, 3.63) is 54.0 Å². The Morgan fingerprint density at radius 3 is 2.79 bits per heavy atom. The van der Waals surface area contributed by atoms with Gasteiger partial charge in [0.25, 0.3) is 5.91 Å². The fraction of sp³-hybridized carbons (Fsp3) is 0.286. The summed E-state index contributed by atoms with van der Waals surface area (Å²) in [6, 6.07) is 10.3. The number of hydrogen-bond donors (Lipinski definition) is 4. The summed E-state index contributed by atoms with van der Waals surface area (Å²) in [7, 11) is 0. The number of primary amides is 1. The molecule has 1 saturated carbocycles. The van der Waals surface area contributed by atoms with E-state index in [1.165, 1.54) is 12.8 Å². The third-order valence-electron chi connectivity index (χ3n) is 5.05. The van der Waals surface area contributed by atoms with Crippen molar-refractivity contribution in [2.45, 2.75) is 25.3 Å². The largest absolute Gasteiger partial charge is 0.365 e. The minimum atomic E-state index is -0.763. The normalized spacial score (nSPS) is 14.6. The number of nitrogens with two attached hydrogens (primary N) is 2. The van der Waals surface area contributed by atoms with Crippen LogP contribution in [0.15, 0.2) is 42.6 Å². The van der Waals surface area contributed by atoms with Crippen LogP contribution in [-0.2, 0) is 0 Å². The molecule has 1 aromatic carbocycles. The second kappa shape index (κ2) is 8.00. The molecule has 7 nitrogen and oxygen atoms in total. The smallest absolute Gasteiger partial charge is 0.252 e. The van der Waals surface area contributed by atoms with Gasteiger partial charge in [-0.2, -0.15) is 0 Å². The van der Waals surface area contributed by atoms with Gasteiger partial charge in [0.15, 0.2) is 11.6 Å². The van der Waals surface area contributed by atoms with E-state index < -0.39 is 11.7 Å². The summed E-state index contributed by atoms with van der Waals surface area (Å²) in [6.45, 7) is 0.371. The Bertz CT molecular complexity index is 1050. The molecule has 1 atom stereocenters. The number of pyridine rings is 2. The lowest BCUT2D eigenvalue weighted by Crippen LogP contribution is -2.30. The van der Waals surface area contributed by atoms with Crippen molar-refractivity contribution < 1.29 is 9.18 Å². The van der Waals surface area contributed by atoms with Crippen molar-refractivity contribution >= 4 is 34.1 Å². The lowest BCUT2D eigenvalue weighted by atomic mass is 10.1. The Kier molecular flexibility index (Phi) is 5.26. The first-order chi connectivity index (χ1) is 14.0. The summed E-state index contributed by atoms with van der Waals surface area (Å²) in [5.41, 5.74) is 12.8. The van der Waals surface area contributed by atoms with Crippen molar-refractivity contribution in [3.63, 3.8) is 0 Å². The molecule has 0 aliphatic heterocycles. The van der Waals surface area contributed by atoms with E-state index in [9.17, 15) is 9.18 Å². The number of halogens is 1. The minimum Gasteiger partial charge on any atom is -0.365 e. The molecule has 1 amide bonds. The monoisotopic (exact) mass is 394 g/mol. The molecule has 2 aromatic heterocycles. The number of carbonyl (C=O) groups excluding carboxylic acids is 1. The van der Waals surface area contributed by atoms with Crippen molar-refractivity contribution in [2.75, 3.05) is 17.2 Å². The van der Waals surface area contributed by atoms with Gasteiger partial charge in [-0.1, -0.05) is 18.9 Å². The zero-order chi connectivity index (χ0) is 20.4. The van der Waals surface area contributed by atoms with Crippen molar-refractivity contribution in [1.29, 1.82) is 0 Å². The minimum absolute atomic E-state index is 0.0224. The fourth-order valence-electron chi connectivity index (χ4n) is 3.33. The van der Waals surface area contributed by atoms with Crippen LogP contribution in [0.4, 0.5) is 21.7 Å². The number of fused-ring (bicyclic) bond motifs is 1. The molecule has 6 N–H and O–H groups in total. The lowest BCUT2D eigenvalue weighted by molar-refractivity contribution is 0.100. The van der Waals surface area contributed by atoms with Gasteiger partial charge in [-0.25, -0.2) is 9.37 Å². The van der Waals surface area contributed by atoms with Crippen LogP contribution < -0.4 is 22.1 Å². The maximum Gasteiger partial charge on any atom is 0.252 e. The standard InChI is InChI=1S/C21H23FN6O/c22-17-10-16(19(24)29)20(28-21(17)27-15(11-23)8-12-3-4-12)26-14-5-6-18-13(9-14)2-1-7-25-18/h1-2,5-7,9-10,12,15H,3-4,8,11,23H2,(H2,24,29)(H2,26,27,28). The molecule has 150 valence electrons. The Morgan fingerprint density at radius 1 is 1.24 bits per heavy atom. The van der Waals surface area contributed by atoms with E-state index in [2.05, 4.69) is 20.6 Å². The highest BCUT2D eigenvalue weighted by atomic mass is 19.1. The van der Waals surface area contributed by atoms with Crippen LogP contribution in [0, 0.1) is 11.7 Å². The third-order valence-corrected chi connectivity index (χ3v) is 5.05. The maximum absolute atomic E-state index is 14.6. The average molecular weight is 394 g/mol. The number of benzene rings is 1. The van der Waals surface area contributed by atoms with E-state index in [-0.39, 0.29) is 23.2 Å². The summed E-state index contributed by atoms with van der Waals surface area (Å²) >= 11 is 0. The van der Waals surface area contributed by atoms with Gasteiger partial charge in [0.1, 0.15) is 5.82 Å². The summed E-state index contributed by atoms with van der Waals surface area (Å²) < 4.78 is 14.6. The number of carbonyl (C=O) groups is 1. The molecule has 3 aromatic rings. The Morgan fingerprint density at radius 2 is 2.07 bits per heavy atom. The molecular formula is C21H23FN6O. The molecular weight excluding hydrogens is 371 g/mol. The van der Waals surface area contributed by atoms with E-state index in [4.69, 9.17) is 11.5 Å². The SMILES string of the molecule is NCC(CC1CC1)Nc1nc(Nc2ccc3ncccc3c2)c(C(N)=O)cc1F. The lowest BCUT2D eigenvalue weighted by Gasteiger charge is -2.19. The second-order valence-corrected chi connectivity index (χ2v) is 7.37. The number of amides is 1. The first-order valence-electron chi connectivity index (χ1n) is 9.62. The van der Waals surface area contributed by atoms with E-state index >= 15 is 0 Å². The van der Waals surface area contributed by atoms with Gasteiger partial charge in [0.05, 0.1) is 11.1 Å². The van der Waals surface area contributed by atoms with Crippen LogP contribution in [0.2, 0.25) is 0 Å². The highest BCUT2D eigenvalue weighted by molar-refractivity contribution is 5.99. The topological polar surface area (TPSA) is 119 Å². The summed E-state index contributed by atoms with van der Waals surface area (Å²) in [5, 5.41) is 7.08. The van der Waals surface area contributed by atoms with Crippen LogP contribution in [0.3, 0.4) is 0 Å². The molecule has 0 saturated heterocycles. The molecule has 0 spiro atoms. The molecule has 8 heteroatoms. The molecule has 0 bridgehead atoms. The Balaban J connectivity index is 1.64. The molecule has 4 rings (SSSR count). The summed E-state index contributed by atoms with van der Waals surface area (Å²) in [4.78, 5) is 20.4. The average Bonchev–Trinajstić information content (AvgIpc) is 3.53. The van der Waals surface area contributed by atoms with Crippen LogP contribution in [0.1, 0.15) is 29.6 Å². The van der Waals surface area contributed by atoms with Gasteiger partial charge in [-0.05, 0) is 42.7 Å². The molecule has 2 heterocycles. The number of hydrogen-bond acceptors (Lipinski definition) is 6. The van der Waals surface area contributed by atoms with Gasteiger partial charge in [0, 0.05) is 29.9 Å². The first kappa shape index (κ1) is 19.1. The van der Waals surface area contributed by atoms with Crippen LogP contribution in [0.25, 0.3) is 10.9 Å². The van der Waals surface area contributed by atoms with Crippen molar-refractivity contribution in [2.24, 2.45) is 17.4 Å².